The molecule has 1 N–H and O–H groups in total. The van der Waals surface area contributed by atoms with Gasteiger partial charge in [0.2, 0.25) is 5.91 Å². The lowest BCUT2D eigenvalue weighted by Crippen LogP contribution is -2.11. The van der Waals surface area contributed by atoms with Gasteiger partial charge in [-0.15, -0.1) is 11.3 Å². The van der Waals surface area contributed by atoms with Crippen LogP contribution in [0.1, 0.15) is 42.7 Å². The number of hydrogen-bond donors (Lipinski definition) is 1. The first-order chi connectivity index (χ1) is 9.15. The summed E-state index contributed by atoms with van der Waals surface area (Å²) in [6, 6.07) is 0. The Bertz CT molecular complexity index is 408. The van der Waals surface area contributed by atoms with E-state index >= 15 is 0 Å². The van der Waals surface area contributed by atoms with Gasteiger partial charge in [-0.25, -0.2) is 4.98 Å². The van der Waals surface area contributed by atoms with Crippen LogP contribution in [0.2, 0.25) is 0 Å². The topological polar surface area (TPSA) is 42.0 Å². The summed E-state index contributed by atoms with van der Waals surface area (Å²) >= 11 is 1.55. The number of anilines is 1. The van der Waals surface area contributed by atoms with Crippen LogP contribution >= 0.6 is 32.9 Å². The van der Waals surface area contributed by atoms with Crippen molar-refractivity contribution in [3.05, 3.63) is 10.6 Å². The molecular formula is C13H20N2OS3. The van der Waals surface area contributed by atoms with Crippen molar-refractivity contribution in [2.45, 2.75) is 51.2 Å². The van der Waals surface area contributed by atoms with E-state index in [-0.39, 0.29) is 5.91 Å². The van der Waals surface area contributed by atoms with Gasteiger partial charge < -0.3 is 5.32 Å². The molecule has 0 aliphatic carbocycles. The van der Waals surface area contributed by atoms with Crippen molar-refractivity contribution in [1.82, 2.24) is 4.98 Å². The molecule has 1 amide bonds. The number of unbranched alkanes of at least 4 members (excludes halogenated alkanes) is 1. The Morgan fingerprint density at radius 1 is 1.42 bits per heavy atom. The molecule has 2 rings (SSSR count). The van der Waals surface area contributed by atoms with E-state index in [9.17, 15) is 4.79 Å². The second-order valence-corrected chi connectivity index (χ2v) is 8.77. The van der Waals surface area contributed by atoms with E-state index in [1.165, 1.54) is 23.5 Å². The van der Waals surface area contributed by atoms with Gasteiger partial charge in [0, 0.05) is 22.3 Å². The molecule has 19 heavy (non-hydrogen) atoms. The quantitative estimate of drug-likeness (QED) is 0.623. The maximum Gasteiger partial charge on any atom is 0.226 e. The fraction of sp³-hybridized carbons (Fsp3) is 0.692. The smallest absolute Gasteiger partial charge is 0.226 e. The average molecular weight is 317 g/mol. The van der Waals surface area contributed by atoms with Crippen molar-refractivity contribution in [1.29, 1.82) is 0 Å². The molecule has 1 saturated heterocycles. The fourth-order valence-corrected chi connectivity index (χ4v) is 5.79. The zero-order valence-electron chi connectivity index (χ0n) is 11.4. The molecule has 1 aliphatic heterocycles. The molecule has 0 radical (unpaired) electrons. The lowest BCUT2D eigenvalue weighted by Gasteiger charge is -2.06. The van der Waals surface area contributed by atoms with Gasteiger partial charge in [-0.3, -0.25) is 4.79 Å². The SMILES string of the molecule is Cc1nc(NC(=O)CCCCC2CCSS2)sc1C. The molecule has 1 aromatic rings. The number of aryl methyl sites for hydroxylation is 2. The number of rotatable bonds is 6. The van der Waals surface area contributed by atoms with Gasteiger partial charge in [0.25, 0.3) is 0 Å². The van der Waals surface area contributed by atoms with Gasteiger partial charge in [0.05, 0.1) is 5.69 Å². The molecule has 106 valence electrons. The third kappa shape index (κ3) is 5.00. The zero-order valence-corrected chi connectivity index (χ0v) is 13.8. The summed E-state index contributed by atoms with van der Waals surface area (Å²) in [5.74, 6) is 1.39. The van der Waals surface area contributed by atoms with E-state index in [0.717, 1.165) is 28.9 Å². The molecule has 0 spiro atoms. The van der Waals surface area contributed by atoms with Gasteiger partial charge in [0.1, 0.15) is 0 Å². The fourth-order valence-electron chi connectivity index (χ4n) is 1.93. The second-order valence-electron chi connectivity index (χ2n) is 4.78. The van der Waals surface area contributed by atoms with Crippen molar-refractivity contribution in [3.8, 4) is 0 Å². The predicted molar refractivity (Wildman–Crippen MR) is 87.1 cm³/mol. The zero-order chi connectivity index (χ0) is 13.7. The van der Waals surface area contributed by atoms with Crippen molar-refractivity contribution < 1.29 is 4.79 Å². The summed E-state index contributed by atoms with van der Waals surface area (Å²) in [4.78, 5) is 17.3. The summed E-state index contributed by atoms with van der Waals surface area (Å²) in [5, 5.41) is 4.45. The van der Waals surface area contributed by atoms with E-state index in [1.807, 2.05) is 35.4 Å². The molecule has 1 fully saturated rings. The Hall–Kier alpha value is -0.200. The van der Waals surface area contributed by atoms with Gasteiger partial charge in [-0.1, -0.05) is 28.0 Å². The summed E-state index contributed by atoms with van der Waals surface area (Å²) in [6.07, 6.45) is 5.33. The van der Waals surface area contributed by atoms with Gasteiger partial charge in [0.15, 0.2) is 5.13 Å². The molecule has 2 heterocycles. The highest BCUT2D eigenvalue weighted by atomic mass is 33.1. The van der Waals surface area contributed by atoms with Gasteiger partial charge >= 0.3 is 0 Å². The molecule has 1 atom stereocenters. The van der Waals surface area contributed by atoms with Crippen LogP contribution in [0.5, 0.6) is 0 Å². The van der Waals surface area contributed by atoms with Crippen molar-refractivity contribution in [3.63, 3.8) is 0 Å². The third-order valence-electron chi connectivity index (χ3n) is 3.18. The van der Waals surface area contributed by atoms with Crippen molar-refractivity contribution >= 4 is 44.0 Å². The summed E-state index contributed by atoms with van der Waals surface area (Å²) < 4.78 is 0. The van der Waals surface area contributed by atoms with Gasteiger partial charge in [-0.05, 0) is 33.1 Å². The number of hydrogen-bond acceptors (Lipinski definition) is 5. The lowest BCUT2D eigenvalue weighted by molar-refractivity contribution is -0.116. The molecule has 1 aromatic heterocycles. The van der Waals surface area contributed by atoms with E-state index in [4.69, 9.17) is 0 Å². The number of nitrogens with one attached hydrogen (secondary N) is 1. The van der Waals surface area contributed by atoms with E-state index < -0.39 is 0 Å². The molecule has 0 saturated carbocycles. The third-order valence-corrected chi connectivity index (χ3v) is 7.18. The minimum absolute atomic E-state index is 0.0993. The second kappa shape index (κ2) is 7.55. The molecule has 1 unspecified atom stereocenters. The number of carbonyl (C=O) groups excluding carboxylic acids is 1. The van der Waals surface area contributed by atoms with Crippen LogP contribution in [0.3, 0.4) is 0 Å². The van der Waals surface area contributed by atoms with Crippen molar-refractivity contribution in [2.24, 2.45) is 0 Å². The lowest BCUT2D eigenvalue weighted by atomic mass is 10.1. The molecule has 1 aliphatic rings. The van der Waals surface area contributed by atoms with E-state index in [0.29, 0.717) is 6.42 Å². The normalized spacial score (nSPS) is 18.7. The average Bonchev–Trinajstić information content (AvgIpc) is 2.96. The highest BCUT2D eigenvalue weighted by molar-refractivity contribution is 8.77. The Kier molecular flexibility index (Phi) is 6.04. The summed E-state index contributed by atoms with van der Waals surface area (Å²) in [6.45, 7) is 4.00. The number of aromatic nitrogens is 1. The predicted octanol–water partition coefficient (Wildman–Crippen LogP) is 4.41. The largest absolute Gasteiger partial charge is 0.302 e. The molecule has 0 bridgehead atoms. The molecule has 0 aromatic carbocycles. The molecular weight excluding hydrogens is 296 g/mol. The Balaban J connectivity index is 1.61. The Labute approximate surface area is 126 Å². The van der Waals surface area contributed by atoms with Crippen LogP contribution in [-0.2, 0) is 4.79 Å². The Morgan fingerprint density at radius 3 is 2.89 bits per heavy atom. The standard InChI is InChI=1S/C13H20N2OS3/c1-9-10(2)18-13(14-9)15-12(16)6-4-3-5-11-7-8-17-19-11/h11H,3-8H2,1-2H3,(H,14,15,16). The minimum Gasteiger partial charge on any atom is -0.302 e. The first-order valence-electron chi connectivity index (χ1n) is 6.67. The number of carbonyl (C=O) groups is 1. The molecule has 6 heteroatoms. The maximum absolute atomic E-state index is 11.8. The van der Waals surface area contributed by atoms with Crippen LogP contribution in [0.4, 0.5) is 5.13 Å². The highest BCUT2D eigenvalue weighted by Gasteiger charge is 2.16. The first kappa shape index (κ1) is 15.2. The summed E-state index contributed by atoms with van der Waals surface area (Å²) in [5.41, 5.74) is 1.01. The number of nitrogens with zero attached hydrogens (tertiary/aromatic N) is 1. The maximum atomic E-state index is 11.8. The summed E-state index contributed by atoms with van der Waals surface area (Å²) in [7, 11) is 4.00. The monoisotopic (exact) mass is 316 g/mol. The highest BCUT2D eigenvalue weighted by Crippen LogP contribution is 2.39. The van der Waals surface area contributed by atoms with Crippen LogP contribution in [0.25, 0.3) is 0 Å². The number of amides is 1. The molecule has 3 nitrogen and oxygen atoms in total. The van der Waals surface area contributed by atoms with Crippen LogP contribution in [-0.4, -0.2) is 21.9 Å². The van der Waals surface area contributed by atoms with Gasteiger partial charge in [-0.2, -0.15) is 0 Å². The number of thiazole rings is 1. The minimum atomic E-state index is 0.0993. The van der Waals surface area contributed by atoms with Crippen molar-refractivity contribution in [2.75, 3.05) is 11.1 Å². The van der Waals surface area contributed by atoms with E-state index in [1.54, 1.807) is 11.3 Å². The van der Waals surface area contributed by atoms with Crippen LogP contribution < -0.4 is 5.32 Å². The van der Waals surface area contributed by atoms with Crippen LogP contribution in [0, 0.1) is 13.8 Å². The first-order valence-corrected chi connectivity index (χ1v) is 9.87. The van der Waals surface area contributed by atoms with Crippen LogP contribution in [0.15, 0.2) is 0 Å². The van der Waals surface area contributed by atoms with E-state index in [2.05, 4.69) is 10.3 Å². The Morgan fingerprint density at radius 2 is 2.26 bits per heavy atom.